The first-order chi connectivity index (χ1) is 7.72. The van der Waals surface area contributed by atoms with E-state index in [1.54, 1.807) is 0 Å². The molecule has 3 heteroatoms. The number of ether oxygens (including phenoxy) is 1. The number of carbonyl (C=O) groups excluding carboxylic acids is 1. The standard InChI is InChI=1S/C13H15NO2/c1-9-4-3-5-11-13(9)10(8-14-11)6-7-12(15)16-2/h3-5,8,14H,6-7H2,1-2H3. The van der Waals surface area contributed by atoms with Crippen LogP contribution in [0.5, 0.6) is 0 Å². The molecule has 1 aromatic heterocycles. The number of hydrogen-bond acceptors (Lipinski definition) is 2. The molecule has 0 aliphatic carbocycles. The molecule has 2 rings (SSSR count). The molecule has 0 saturated heterocycles. The third kappa shape index (κ3) is 1.94. The fourth-order valence-corrected chi connectivity index (χ4v) is 1.99. The predicted molar refractivity (Wildman–Crippen MR) is 63.4 cm³/mol. The van der Waals surface area contributed by atoms with Gasteiger partial charge in [-0.1, -0.05) is 12.1 Å². The molecule has 0 saturated carbocycles. The molecule has 0 bridgehead atoms. The summed E-state index contributed by atoms with van der Waals surface area (Å²) in [6.45, 7) is 2.08. The number of aromatic nitrogens is 1. The van der Waals surface area contributed by atoms with Crippen molar-refractivity contribution in [1.82, 2.24) is 4.98 Å². The number of fused-ring (bicyclic) bond motifs is 1. The Hall–Kier alpha value is -1.77. The molecule has 0 aliphatic rings. The minimum atomic E-state index is -0.164. The summed E-state index contributed by atoms with van der Waals surface area (Å²) in [6.07, 6.45) is 3.12. The van der Waals surface area contributed by atoms with Crippen molar-refractivity contribution in [2.45, 2.75) is 19.8 Å². The lowest BCUT2D eigenvalue weighted by molar-refractivity contribution is -0.140. The second kappa shape index (κ2) is 4.39. The van der Waals surface area contributed by atoms with E-state index in [-0.39, 0.29) is 5.97 Å². The van der Waals surface area contributed by atoms with Gasteiger partial charge in [0.15, 0.2) is 0 Å². The second-order valence-corrected chi connectivity index (χ2v) is 3.89. The zero-order valence-electron chi connectivity index (χ0n) is 9.54. The molecule has 0 fully saturated rings. The van der Waals surface area contributed by atoms with Crippen LogP contribution in [0.25, 0.3) is 10.9 Å². The number of aryl methyl sites for hydroxylation is 2. The number of benzene rings is 1. The highest BCUT2D eigenvalue weighted by atomic mass is 16.5. The minimum absolute atomic E-state index is 0.164. The molecule has 1 heterocycles. The zero-order chi connectivity index (χ0) is 11.5. The maximum Gasteiger partial charge on any atom is 0.305 e. The van der Waals surface area contributed by atoms with Gasteiger partial charge in [-0.2, -0.15) is 0 Å². The largest absolute Gasteiger partial charge is 0.469 e. The third-order valence-corrected chi connectivity index (χ3v) is 2.82. The molecule has 0 atom stereocenters. The maximum absolute atomic E-state index is 11.1. The van der Waals surface area contributed by atoms with Gasteiger partial charge in [-0.05, 0) is 30.5 Å². The first kappa shape index (κ1) is 10.7. The molecule has 84 valence electrons. The van der Waals surface area contributed by atoms with Gasteiger partial charge in [-0.3, -0.25) is 4.79 Å². The normalized spacial score (nSPS) is 10.6. The average Bonchev–Trinajstić information content (AvgIpc) is 2.70. The van der Waals surface area contributed by atoms with E-state index in [2.05, 4.69) is 22.7 Å². The summed E-state index contributed by atoms with van der Waals surface area (Å²) >= 11 is 0. The quantitative estimate of drug-likeness (QED) is 0.803. The molecule has 16 heavy (non-hydrogen) atoms. The highest BCUT2D eigenvalue weighted by Crippen LogP contribution is 2.23. The van der Waals surface area contributed by atoms with Crippen LogP contribution in [0, 0.1) is 6.92 Å². The van der Waals surface area contributed by atoms with E-state index in [1.165, 1.54) is 23.6 Å². The Labute approximate surface area is 94.4 Å². The Bertz CT molecular complexity index is 514. The molecule has 0 amide bonds. The van der Waals surface area contributed by atoms with Crippen LogP contribution in [0.3, 0.4) is 0 Å². The van der Waals surface area contributed by atoms with Gasteiger partial charge < -0.3 is 9.72 Å². The molecule has 3 nitrogen and oxygen atoms in total. The fourth-order valence-electron chi connectivity index (χ4n) is 1.99. The fraction of sp³-hybridized carbons (Fsp3) is 0.308. The van der Waals surface area contributed by atoms with Crippen molar-refractivity contribution in [3.05, 3.63) is 35.5 Å². The van der Waals surface area contributed by atoms with Crippen molar-refractivity contribution in [2.75, 3.05) is 7.11 Å². The molecule has 0 spiro atoms. The van der Waals surface area contributed by atoms with Crippen LogP contribution in [0.2, 0.25) is 0 Å². The lowest BCUT2D eigenvalue weighted by atomic mass is 10.0. The molecule has 2 aromatic rings. The van der Waals surface area contributed by atoms with Gasteiger partial charge in [0.05, 0.1) is 7.11 Å². The van der Waals surface area contributed by atoms with Crippen molar-refractivity contribution < 1.29 is 9.53 Å². The number of esters is 1. The van der Waals surface area contributed by atoms with Crippen LogP contribution in [0.4, 0.5) is 0 Å². The number of methoxy groups -OCH3 is 1. The van der Waals surface area contributed by atoms with E-state index in [1.807, 2.05) is 18.3 Å². The Morgan fingerprint density at radius 3 is 3.00 bits per heavy atom. The summed E-state index contributed by atoms with van der Waals surface area (Å²) in [5.74, 6) is -0.164. The van der Waals surface area contributed by atoms with E-state index in [0.29, 0.717) is 6.42 Å². The number of H-pyrrole nitrogens is 1. The van der Waals surface area contributed by atoms with Gasteiger partial charge >= 0.3 is 5.97 Å². The monoisotopic (exact) mass is 217 g/mol. The first-order valence-electron chi connectivity index (χ1n) is 5.34. The molecule has 0 radical (unpaired) electrons. The molecule has 1 aromatic carbocycles. The molecular formula is C13H15NO2. The third-order valence-electron chi connectivity index (χ3n) is 2.82. The number of aromatic amines is 1. The van der Waals surface area contributed by atoms with Crippen molar-refractivity contribution in [2.24, 2.45) is 0 Å². The number of rotatable bonds is 3. The van der Waals surface area contributed by atoms with Gasteiger partial charge in [-0.15, -0.1) is 0 Å². The highest BCUT2D eigenvalue weighted by molar-refractivity contribution is 5.86. The van der Waals surface area contributed by atoms with Crippen LogP contribution in [-0.4, -0.2) is 18.1 Å². The predicted octanol–water partition coefficient (Wildman–Crippen LogP) is 2.58. The van der Waals surface area contributed by atoms with Gasteiger partial charge in [0.2, 0.25) is 0 Å². The van der Waals surface area contributed by atoms with Crippen LogP contribution in [-0.2, 0) is 16.0 Å². The topological polar surface area (TPSA) is 42.1 Å². The van der Waals surface area contributed by atoms with Crippen LogP contribution >= 0.6 is 0 Å². The van der Waals surface area contributed by atoms with Crippen LogP contribution in [0.1, 0.15) is 17.5 Å². The minimum Gasteiger partial charge on any atom is -0.469 e. The van der Waals surface area contributed by atoms with Crippen molar-refractivity contribution in [3.8, 4) is 0 Å². The Balaban J connectivity index is 2.28. The molecule has 1 N–H and O–H groups in total. The first-order valence-corrected chi connectivity index (χ1v) is 5.34. The van der Waals surface area contributed by atoms with Crippen LogP contribution in [0.15, 0.2) is 24.4 Å². The molecule has 0 unspecified atom stereocenters. The van der Waals surface area contributed by atoms with Gasteiger partial charge in [0.1, 0.15) is 0 Å². The van der Waals surface area contributed by atoms with Gasteiger partial charge in [-0.25, -0.2) is 0 Å². The zero-order valence-corrected chi connectivity index (χ0v) is 9.54. The Kier molecular flexibility index (Phi) is 2.95. The highest BCUT2D eigenvalue weighted by Gasteiger charge is 2.08. The number of carbonyl (C=O) groups is 1. The van der Waals surface area contributed by atoms with Gasteiger partial charge in [0.25, 0.3) is 0 Å². The number of nitrogens with one attached hydrogen (secondary N) is 1. The van der Waals surface area contributed by atoms with E-state index in [9.17, 15) is 4.79 Å². The average molecular weight is 217 g/mol. The lowest BCUT2D eigenvalue weighted by Gasteiger charge is -2.01. The van der Waals surface area contributed by atoms with E-state index >= 15 is 0 Å². The summed E-state index contributed by atoms with van der Waals surface area (Å²) in [7, 11) is 1.42. The summed E-state index contributed by atoms with van der Waals surface area (Å²) in [6, 6.07) is 6.15. The van der Waals surface area contributed by atoms with E-state index in [0.717, 1.165) is 11.9 Å². The molecular weight excluding hydrogens is 202 g/mol. The number of hydrogen-bond donors (Lipinski definition) is 1. The summed E-state index contributed by atoms with van der Waals surface area (Å²) in [4.78, 5) is 14.3. The second-order valence-electron chi connectivity index (χ2n) is 3.89. The van der Waals surface area contributed by atoms with Gasteiger partial charge in [0, 0.05) is 23.5 Å². The van der Waals surface area contributed by atoms with Crippen molar-refractivity contribution in [3.63, 3.8) is 0 Å². The lowest BCUT2D eigenvalue weighted by Crippen LogP contribution is -2.01. The van der Waals surface area contributed by atoms with E-state index in [4.69, 9.17) is 0 Å². The maximum atomic E-state index is 11.1. The van der Waals surface area contributed by atoms with Crippen molar-refractivity contribution >= 4 is 16.9 Å². The SMILES string of the molecule is COC(=O)CCc1c[nH]c2cccc(C)c12. The van der Waals surface area contributed by atoms with E-state index < -0.39 is 0 Å². The van der Waals surface area contributed by atoms with Crippen LogP contribution < -0.4 is 0 Å². The summed E-state index contributed by atoms with van der Waals surface area (Å²) in [5.41, 5.74) is 3.54. The smallest absolute Gasteiger partial charge is 0.305 e. The Morgan fingerprint density at radius 2 is 2.25 bits per heavy atom. The Morgan fingerprint density at radius 1 is 1.44 bits per heavy atom. The van der Waals surface area contributed by atoms with Crippen molar-refractivity contribution in [1.29, 1.82) is 0 Å². The summed E-state index contributed by atoms with van der Waals surface area (Å²) < 4.78 is 4.64. The molecule has 0 aliphatic heterocycles. The summed E-state index contributed by atoms with van der Waals surface area (Å²) in [5, 5.41) is 1.23.